The molecule has 0 aromatic carbocycles. The predicted octanol–water partition coefficient (Wildman–Crippen LogP) is 4.62. The van der Waals surface area contributed by atoms with Crippen molar-refractivity contribution in [2.24, 2.45) is 40.4 Å². The molecule has 0 aromatic heterocycles. The van der Waals surface area contributed by atoms with Crippen molar-refractivity contribution in [3.05, 3.63) is 0 Å². The fraction of sp³-hybridized carbons (Fsp3) is 0.962. The first-order valence-electron chi connectivity index (χ1n) is 12.6. The molecule has 30 heavy (non-hydrogen) atoms. The zero-order chi connectivity index (χ0) is 21.3. The van der Waals surface area contributed by atoms with Gasteiger partial charge in [0.25, 0.3) is 0 Å². The van der Waals surface area contributed by atoms with E-state index in [-0.39, 0.29) is 29.1 Å². The molecule has 4 heteroatoms. The minimum absolute atomic E-state index is 0.117. The van der Waals surface area contributed by atoms with Gasteiger partial charge in [-0.3, -0.25) is 4.90 Å². The summed E-state index contributed by atoms with van der Waals surface area (Å²) in [4.78, 5) is 2.55. The SMILES string of the molecule is CC1(C)CN(C2C[C@@]3(C)C(CC[C@@H]4[C@H]3CC[C@]3(C)C(C#N)CC[C@@H]43)CC2O)CCO1. The smallest absolute Gasteiger partial charge is 0.0753 e. The van der Waals surface area contributed by atoms with Crippen LogP contribution < -0.4 is 0 Å². The van der Waals surface area contributed by atoms with Crippen molar-refractivity contribution in [2.75, 3.05) is 19.7 Å². The summed E-state index contributed by atoms with van der Waals surface area (Å²) in [5.74, 6) is 3.24. The van der Waals surface area contributed by atoms with Crippen LogP contribution in [-0.4, -0.2) is 47.4 Å². The summed E-state index contributed by atoms with van der Waals surface area (Å²) >= 11 is 0. The van der Waals surface area contributed by atoms with Gasteiger partial charge in [0.15, 0.2) is 0 Å². The topological polar surface area (TPSA) is 56.5 Å². The average molecular weight is 415 g/mol. The van der Waals surface area contributed by atoms with Crippen molar-refractivity contribution >= 4 is 0 Å². The standard InChI is InChI=1S/C26H42N2O2/c1-24(2)16-28(11-12-30-24)22-14-26(4)17(13-23(22)29)5-7-19-20-8-6-18(15-27)25(20,3)10-9-21(19)26/h17-23,29H,5-14,16H2,1-4H3/t17?,18?,19-,20-,21+,22?,23?,25+,26-/m0/s1. The molecule has 9 atom stereocenters. The molecule has 5 aliphatic rings. The van der Waals surface area contributed by atoms with Crippen LogP contribution >= 0.6 is 0 Å². The van der Waals surface area contributed by atoms with Crippen LogP contribution in [0.5, 0.6) is 0 Å². The molecule has 4 aliphatic carbocycles. The Kier molecular flexibility index (Phi) is 5.09. The number of hydrogen-bond donors (Lipinski definition) is 1. The highest BCUT2D eigenvalue weighted by molar-refractivity contribution is 5.13. The van der Waals surface area contributed by atoms with E-state index < -0.39 is 0 Å². The van der Waals surface area contributed by atoms with E-state index in [9.17, 15) is 10.4 Å². The van der Waals surface area contributed by atoms with Gasteiger partial charge in [-0.1, -0.05) is 13.8 Å². The molecule has 5 rings (SSSR count). The highest BCUT2D eigenvalue weighted by Crippen LogP contribution is 2.67. The lowest BCUT2D eigenvalue weighted by Crippen LogP contribution is -2.62. The van der Waals surface area contributed by atoms with Gasteiger partial charge in [0.05, 0.1) is 30.3 Å². The highest BCUT2D eigenvalue weighted by Gasteiger charge is 2.61. The van der Waals surface area contributed by atoms with E-state index in [2.05, 4.69) is 38.7 Å². The number of morpholine rings is 1. The van der Waals surface area contributed by atoms with Gasteiger partial charge < -0.3 is 9.84 Å². The van der Waals surface area contributed by atoms with Gasteiger partial charge in [-0.05, 0) is 99.7 Å². The number of aliphatic hydroxyl groups excluding tert-OH is 1. The first kappa shape index (κ1) is 21.2. The number of aliphatic hydroxyl groups is 1. The maximum Gasteiger partial charge on any atom is 0.0753 e. The molecular formula is C26H42N2O2. The van der Waals surface area contributed by atoms with Gasteiger partial charge in [0.1, 0.15) is 0 Å². The largest absolute Gasteiger partial charge is 0.391 e. The molecule has 1 aliphatic heterocycles. The molecule has 4 saturated carbocycles. The third-order valence-corrected chi connectivity index (χ3v) is 10.8. The number of ether oxygens (including phenoxy) is 1. The molecule has 0 bridgehead atoms. The van der Waals surface area contributed by atoms with Crippen molar-refractivity contribution < 1.29 is 9.84 Å². The Bertz CT molecular complexity index is 716. The molecule has 4 nitrogen and oxygen atoms in total. The van der Waals surface area contributed by atoms with E-state index >= 15 is 0 Å². The summed E-state index contributed by atoms with van der Waals surface area (Å²) in [6.45, 7) is 12.0. The number of nitrogens with zero attached hydrogens (tertiary/aromatic N) is 2. The third-order valence-electron chi connectivity index (χ3n) is 10.8. The minimum Gasteiger partial charge on any atom is -0.391 e. The number of rotatable bonds is 1. The van der Waals surface area contributed by atoms with Crippen LogP contribution in [0, 0.1) is 51.8 Å². The van der Waals surface area contributed by atoms with E-state index in [0.717, 1.165) is 56.7 Å². The zero-order valence-corrected chi connectivity index (χ0v) is 19.6. The van der Waals surface area contributed by atoms with Crippen molar-refractivity contribution in [1.29, 1.82) is 5.26 Å². The van der Waals surface area contributed by atoms with Crippen molar-refractivity contribution in [1.82, 2.24) is 4.90 Å². The van der Waals surface area contributed by atoms with E-state index in [0.29, 0.717) is 11.3 Å². The Morgan fingerprint density at radius 3 is 2.50 bits per heavy atom. The van der Waals surface area contributed by atoms with Gasteiger partial charge in [0.2, 0.25) is 0 Å². The quantitative estimate of drug-likeness (QED) is 0.680. The lowest BCUT2D eigenvalue weighted by molar-refractivity contribution is -0.167. The summed E-state index contributed by atoms with van der Waals surface area (Å²) in [5, 5.41) is 20.9. The third kappa shape index (κ3) is 3.10. The van der Waals surface area contributed by atoms with Crippen LogP contribution in [0.2, 0.25) is 0 Å². The number of nitriles is 1. The van der Waals surface area contributed by atoms with Crippen molar-refractivity contribution in [3.8, 4) is 6.07 Å². The molecule has 0 aromatic rings. The molecule has 1 saturated heterocycles. The Labute approximate surface area is 183 Å². The summed E-state index contributed by atoms with van der Waals surface area (Å²) < 4.78 is 5.97. The maximum atomic E-state index is 11.2. The zero-order valence-electron chi connectivity index (χ0n) is 19.6. The lowest BCUT2D eigenvalue weighted by Gasteiger charge is -2.62. The highest BCUT2D eigenvalue weighted by atomic mass is 16.5. The van der Waals surface area contributed by atoms with E-state index in [1.807, 2.05) is 0 Å². The van der Waals surface area contributed by atoms with E-state index in [4.69, 9.17) is 4.74 Å². The van der Waals surface area contributed by atoms with Crippen molar-refractivity contribution in [3.63, 3.8) is 0 Å². The molecule has 0 radical (unpaired) electrons. The molecule has 4 unspecified atom stereocenters. The molecular weight excluding hydrogens is 372 g/mol. The number of fused-ring (bicyclic) bond motifs is 5. The van der Waals surface area contributed by atoms with E-state index in [1.54, 1.807) is 0 Å². The van der Waals surface area contributed by atoms with Gasteiger partial charge in [0, 0.05) is 19.1 Å². The van der Waals surface area contributed by atoms with Crippen molar-refractivity contribution in [2.45, 2.75) is 96.8 Å². The van der Waals surface area contributed by atoms with Crippen LogP contribution in [0.25, 0.3) is 0 Å². The Balaban J connectivity index is 1.40. The summed E-state index contributed by atoms with van der Waals surface area (Å²) in [5.41, 5.74) is 0.468. The molecule has 1 heterocycles. The van der Waals surface area contributed by atoms with Crippen LogP contribution in [0.1, 0.15) is 79.1 Å². The normalized spacial score (nSPS) is 53.3. The fourth-order valence-corrected chi connectivity index (χ4v) is 9.20. The average Bonchev–Trinajstić information content (AvgIpc) is 3.03. The molecule has 5 fully saturated rings. The van der Waals surface area contributed by atoms with Gasteiger partial charge >= 0.3 is 0 Å². The molecule has 1 N–H and O–H groups in total. The van der Waals surface area contributed by atoms with Crippen LogP contribution in [-0.2, 0) is 4.74 Å². The second-order valence-corrected chi connectivity index (χ2v) is 12.6. The lowest BCUT2D eigenvalue weighted by atomic mass is 9.44. The first-order chi connectivity index (χ1) is 14.2. The van der Waals surface area contributed by atoms with Gasteiger partial charge in [-0.25, -0.2) is 0 Å². The predicted molar refractivity (Wildman–Crippen MR) is 118 cm³/mol. The monoisotopic (exact) mass is 414 g/mol. The second-order valence-electron chi connectivity index (χ2n) is 12.6. The van der Waals surface area contributed by atoms with Gasteiger partial charge in [-0.15, -0.1) is 0 Å². The maximum absolute atomic E-state index is 11.2. The molecule has 0 amide bonds. The minimum atomic E-state index is -0.197. The Hall–Kier alpha value is -0.630. The van der Waals surface area contributed by atoms with Crippen LogP contribution in [0.4, 0.5) is 0 Å². The molecule has 0 spiro atoms. The second kappa shape index (κ2) is 7.19. The van der Waals surface area contributed by atoms with Gasteiger partial charge in [-0.2, -0.15) is 5.26 Å². The molecule has 168 valence electrons. The summed E-state index contributed by atoms with van der Waals surface area (Å²) in [7, 11) is 0. The number of hydrogen-bond acceptors (Lipinski definition) is 4. The van der Waals surface area contributed by atoms with Crippen LogP contribution in [0.15, 0.2) is 0 Å². The first-order valence-corrected chi connectivity index (χ1v) is 12.6. The Morgan fingerprint density at radius 1 is 1.00 bits per heavy atom. The Morgan fingerprint density at radius 2 is 1.77 bits per heavy atom. The van der Waals surface area contributed by atoms with E-state index in [1.165, 1.54) is 32.1 Å². The fourth-order valence-electron chi connectivity index (χ4n) is 9.20. The summed E-state index contributed by atoms with van der Waals surface area (Å²) in [6.07, 6.45) is 9.43. The van der Waals surface area contributed by atoms with Crippen LogP contribution in [0.3, 0.4) is 0 Å². The summed E-state index contributed by atoms with van der Waals surface area (Å²) in [6, 6.07) is 2.95.